The number of morpholine rings is 1. The zero-order valence-electron chi connectivity index (χ0n) is 17.9. The predicted molar refractivity (Wildman–Crippen MR) is 123 cm³/mol. The summed E-state index contributed by atoms with van der Waals surface area (Å²) in [6.45, 7) is 11.0. The number of H-pyrrole nitrogens is 1. The Morgan fingerprint density at radius 3 is 2.71 bits per heavy atom. The molecule has 1 N–H and O–H groups in total. The van der Waals surface area contributed by atoms with Crippen molar-refractivity contribution in [1.29, 1.82) is 0 Å². The van der Waals surface area contributed by atoms with E-state index in [2.05, 4.69) is 59.3 Å². The van der Waals surface area contributed by atoms with Gasteiger partial charge < -0.3 is 14.6 Å². The van der Waals surface area contributed by atoms with Gasteiger partial charge in [0, 0.05) is 47.6 Å². The third-order valence-electron chi connectivity index (χ3n) is 5.99. The highest BCUT2D eigenvalue weighted by Crippen LogP contribution is 2.28. The van der Waals surface area contributed by atoms with E-state index < -0.39 is 0 Å². The Morgan fingerprint density at radius 1 is 1.10 bits per heavy atom. The first-order valence-electron chi connectivity index (χ1n) is 10.6. The molecule has 0 unspecified atom stereocenters. The summed E-state index contributed by atoms with van der Waals surface area (Å²) in [4.78, 5) is 20.1. The van der Waals surface area contributed by atoms with Gasteiger partial charge in [0.2, 0.25) is 11.9 Å². The Labute approximate surface area is 181 Å². The molecule has 1 saturated heterocycles. The van der Waals surface area contributed by atoms with Crippen LogP contribution in [0.4, 0.5) is 5.95 Å². The maximum absolute atomic E-state index is 5.53. The summed E-state index contributed by atoms with van der Waals surface area (Å²) in [6, 6.07) is 8.22. The molecule has 4 aromatic rings. The van der Waals surface area contributed by atoms with Gasteiger partial charge >= 0.3 is 0 Å². The standard InChI is InChI=1S/C24H26N6O/c1-4-6-18-15-30(17(3)16(18)2)24-27-22(20-7-5-8-21-19(20)9-10-25-21)26-23(28-24)29-11-13-31-14-12-29/h4-5,7-10,15,25H,1,6,11-14H2,2-3H3. The predicted octanol–water partition coefficient (Wildman–Crippen LogP) is 3.99. The molecule has 1 aromatic carbocycles. The summed E-state index contributed by atoms with van der Waals surface area (Å²) in [7, 11) is 0. The first-order chi connectivity index (χ1) is 15.2. The number of allylic oxidation sites excluding steroid dienone is 1. The van der Waals surface area contributed by atoms with Crippen LogP contribution in [0.2, 0.25) is 0 Å². The molecule has 3 aromatic heterocycles. The van der Waals surface area contributed by atoms with Crippen molar-refractivity contribution in [2.75, 3.05) is 31.2 Å². The van der Waals surface area contributed by atoms with Crippen molar-refractivity contribution in [1.82, 2.24) is 24.5 Å². The van der Waals surface area contributed by atoms with Crippen LogP contribution in [0.15, 0.2) is 49.3 Å². The van der Waals surface area contributed by atoms with Gasteiger partial charge in [0.15, 0.2) is 5.82 Å². The number of aromatic amines is 1. The zero-order chi connectivity index (χ0) is 21.4. The number of fused-ring (bicyclic) bond motifs is 1. The van der Waals surface area contributed by atoms with Crippen LogP contribution in [0.3, 0.4) is 0 Å². The Bertz CT molecular complexity index is 1250. The van der Waals surface area contributed by atoms with Crippen LogP contribution in [-0.2, 0) is 11.2 Å². The van der Waals surface area contributed by atoms with Crippen LogP contribution in [-0.4, -0.2) is 50.8 Å². The van der Waals surface area contributed by atoms with Gasteiger partial charge in [-0.2, -0.15) is 15.0 Å². The molecule has 0 saturated carbocycles. The average Bonchev–Trinajstić information content (AvgIpc) is 3.40. The Kier molecular flexibility index (Phi) is 5.03. The number of aromatic nitrogens is 5. The van der Waals surface area contributed by atoms with Gasteiger partial charge in [-0.1, -0.05) is 18.2 Å². The lowest BCUT2D eigenvalue weighted by Gasteiger charge is -2.27. The molecule has 1 aliphatic heterocycles. The SMILES string of the molecule is C=CCc1cn(-c2nc(-c3cccc4[nH]ccc34)nc(N3CCOCC3)n2)c(C)c1C. The molecule has 4 heterocycles. The fourth-order valence-electron chi connectivity index (χ4n) is 4.10. The second-order valence-electron chi connectivity index (χ2n) is 7.83. The van der Waals surface area contributed by atoms with Crippen molar-refractivity contribution in [3.63, 3.8) is 0 Å². The van der Waals surface area contributed by atoms with E-state index in [0.29, 0.717) is 30.9 Å². The average molecular weight is 415 g/mol. The maximum Gasteiger partial charge on any atom is 0.239 e. The molecule has 0 bridgehead atoms. The number of rotatable bonds is 5. The molecule has 1 fully saturated rings. The summed E-state index contributed by atoms with van der Waals surface area (Å²) in [5.74, 6) is 1.99. The van der Waals surface area contributed by atoms with E-state index in [9.17, 15) is 0 Å². The lowest BCUT2D eigenvalue weighted by Crippen LogP contribution is -2.37. The number of nitrogens with zero attached hydrogens (tertiary/aromatic N) is 5. The number of hydrogen-bond donors (Lipinski definition) is 1. The van der Waals surface area contributed by atoms with Crippen molar-refractivity contribution in [3.8, 4) is 17.3 Å². The van der Waals surface area contributed by atoms with Gasteiger partial charge in [-0.3, -0.25) is 4.57 Å². The first kappa shape index (κ1) is 19.5. The Morgan fingerprint density at radius 2 is 1.90 bits per heavy atom. The molecule has 0 spiro atoms. The van der Waals surface area contributed by atoms with Gasteiger partial charge in [0.1, 0.15) is 0 Å². The molecule has 0 radical (unpaired) electrons. The summed E-state index contributed by atoms with van der Waals surface area (Å²) >= 11 is 0. The lowest BCUT2D eigenvalue weighted by atomic mass is 10.1. The highest BCUT2D eigenvalue weighted by atomic mass is 16.5. The highest BCUT2D eigenvalue weighted by molar-refractivity contribution is 5.93. The van der Waals surface area contributed by atoms with Gasteiger partial charge in [-0.05, 0) is 43.5 Å². The zero-order valence-corrected chi connectivity index (χ0v) is 17.9. The highest BCUT2D eigenvalue weighted by Gasteiger charge is 2.20. The topological polar surface area (TPSA) is 71.9 Å². The summed E-state index contributed by atoms with van der Waals surface area (Å²) < 4.78 is 7.60. The van der Waals surface area contributed by atoms with Crippen LogP contribution in [0, 0.1) is 13.8 Å². The van der Waals surface area contributed by atoms with Gasteiger partial charge in [-0.15, -0.1) is 6.58 Å². The van der Waals surface area contributed by atoms with Crippen LogP contribution < -0.4 is 4.90 Å². The smallest absolute Gasteiger partial charge is 0.239 e. The number of nitrogens with one attached hydrogen (secondary N) is 1. The molecule has 31 heavy (non-hydrogen) atoms. The number of ether oxygens (including phenoxy) is 1. The van der Waals surface area contributed by atoms with E-state index in [1.54, 1.807) is 0 Å². The number of anilines is 1. The minimum atomic E-state index is 0.634. The molecule has 0 atom stereocenters. The van der Waals surface area contributed by atoms with E-state index in [1.807, 2.05) is 18.3 Å². The molecular formula is C24H26N6O. The third kappa shape index (κ3) is 3.51. The van der Waals surface area contributed by atoms with Crippen molar-refractivity contribution in [2.45, 2.75) is 20.3 Å². The van der Waals surface area contributed by atoms with Gasteiger partial charge in [0.25, 0.3) is 0 Å². The van der Waals surface area contributed by atoms with Crippen LogP contribution >= 0.6 is 0 Å². The Balaban J connectivity index is 1.70. The maximum atomic E-state index is 5.53. The van der Waals surface area contributed by atoms with Gasteiger partial charge in [-0.25, -0.2) is 0 Å². The number of hydrogen-bond acceptors (Lipinski definition) is 5. The third-order valence-corrected chi connectivity index (χ3v) is 5.99. The monoisotopic (exact) mass is 414 g/mol. The summed E-state index contributed by atoms with van der Waals surface area (Å²) in [6.07, 6.45) is 6.80. The van der Waals surface area contributed by atoms with Crippen LogP contribution in [0.1, 0.15) is 16.8 Å². The number of benzene rings is 1. The fourth-order valence-corrected chi connectivity index (χ4v) is 4.10. The van der Waals surface area contributed by atoms with E-state index >= 15 is 0 Å². The lowest BCUT2D eigenvalue weighted by molar-refractivity contribution is 0.122. The molecule has 1 aliphatic rings. The van der Waals surface area contributed by atoms with Crippen molar-refractivity contribution < 1.29 is 4.74 Å². The Hall–Kier alpha value is -3.45. The molecular weight excluding hydrogens is 388 g/mol. The van der Waals surface area contributed by atoms with Crippen LogP contribution in [0.5, 0.6) is 0 Å². The van der Waals surface area contributed by atoms with E-state index in [1.165, 1.54) is 11.1 Å². The molecule has 7 nitrogen and oxygen atoms in total. The fraction of sp³-hybridized carbons (Fsp3) is 0.292. The molecule has 5 rings (SSSR count). The second-order valence-corrected chi connectivity index (χ2v) is 7.83. The van der Waals surface area contributed by atoms with Crippen molar-refractivity contribution in [2.24, 2.45) is 0 Å². The van der Waals surface area contributed by atoms with Crippen molar-refractivity contribution in [3.05, 3.63) is 66.1 Å². The van der Waals surface area contributed by atoms with Gasteiger partial charge in [0.05, 0.1) is 13.2 Å². The molecule has 0 aliphatic carbocycles. The largest absolute Gasteiger partial charge is 0.378 e. The van der Waals surface area contributed by atoms with E-state index in [0.717, 1.165) is 41.7 Å². The molecule has 158 valence electrons. The minimum absolute atomic E-state index is 0.634. The molecule has 7 heteroatoms. The summed E-state index contributed by atoms with van der Waals surface area (Å²) in [5, 5.41) is 1.10. The normalized spacial score (nSPS) is 14.3. The van der Waals surface area contributed by atoms with E-state index in [-0.39, 0.29) is 0 Å². The van der Waals surface area contributed by atoms with Crippen molar-refractivity contribution >= 4 is 16.9 Å². The van der Waals surface area contributed by atoms with E-state index in [4.69, 9.17) is 19.7 Å². The quantitative estimate of drug-likeness (QED) is 0.500. The van der Waals surface area contributed by atoms with Crippen LogP contribution in [0.25, 0.3) is 28.2 Å². The first-order valence-corrected chi connectivity index (χ1v) is 10.6. The molecule has 0 amide bonds. The minimum Gasteiger partial charge on any atom is -0.378 e. The summed E-state index contributed by atoms with van der Waals surface area (Å²) in [5.41, 5.74) is 5.65. The second kappa shape index (κ2) is 8.00.